The third-order valence-electron chi connectivity index (χ3n) is 4.21. The fraction of sp³-hybridized carbons (Fsp3) is 0.611. The second kappa shape index (κ2) is 10.9. The lowest BCUT2D eigenvalue weighted by molar-refractivity contribution is 0.0131. The smallest absolute Gasteiger partial charge is 0.191 e. The van der Waals surface area contributed by atoms with Crippen LogP contribution in [0.25, 0.3) is 0 Å². The van der Waals surface area contributed by atoms with E-state index in [-0.39, 0.29) is 24.0 Å². The first-order valence-electron chi connectivity index (χ1n) is 8.50. The maximum atomic E-state index is 10.5. The van der Waals surface area contributed by atoms with Gasteiger partial charge in [0.2, 0.25) is 0 Å². The van der Waals surface area contributed by atoms with Crippen LogP contribution in [0.1, 0.15) is 44.6 Å². The molecular weight excluding hydrogens is 401 g/mol. The van der Waals surface area contributed by atoms with Crippen molar-refractivity contribution in [3.05, 3.63) is 35.9 Å². The van der Waals surface area contributed by atoms with Crippen LogP contribution in [-0.4, -0.2) is 36.3 Å². The van der Waals surface area contributed by atoms with Gasteiger partial charge in [-0.3, -0.25) is 4.99 Å². The van der Waals surface area contributed by atoms with Gasteiger partial charge >= 0.3 is 0 Å². The summed E-state index contributed by atoms with van der Waals surface area (Å²) in [6.45, 7) is 4.22. The zero-order valence-electron chi connectivity index (χ0n) is 14.1. The second-order valence-corrected chi connectivity index (χ2v) is 6.14. The van der Waals surface area contributed by atoms with Crippen LogP contribution in [0.15, 0.2) is 35.3 Å². The summed E-state index contributed by atoms with van der Waals surface area (Å²) in [6.07, 6.45) is 6.19. The molecule has 0 heterocycles. The molecular formula is C18H30IN3O. The second-order valence-electron chi connectivity index (χ2n) is 6.14. The van der Waals surface area contributed by atoms with Gasteiger partial charge in [0.05, 0.1) is 12.1 Å². The molecule has 1 aliphatic rings. The number of halogens is 1. The Bertz CT molecular complexity index is 459. The topological polar surface area (TPSA) is 56.7 Å². The summed E-state index contributed by atoms with van der Waals surface area (Å²) in [6, 6.07) is 10.4. The predicted octanol–water partition coefficient (Wildman–Crippen LogP) is 3.10. The molecule has 4 nitrogen and oxygen atoms in total. The van der Waals surface area contributed by atoms with E-state index in [4.69, 9.17) is 0 Å². The molecule has 1 saturated carbocycles. The highest BCUT2D eigenvalue weighted by atomic mass is 127. The Labute approximate surface area is 157 Å². The lowest BCUT2D eigenvalue weighted by atomic mass is 9.85. The molecule has 0 spiro atoms. The Morgan fingerprint density at radius 1 is 1.13 bits per heavy atom. The van der Waals surface area contributed by atoms with Gasteiger partial charge in [0.25, 0.3) is 0 Å². The Balaban J connectivity index is 0.00000264. The molecule has 5 heteroatoms. The van der Waals surface area contributed by atoms with E-state index in [0.29, 0.717) is 6.54 Å². The average Bonchev–Trinajstić information content (AvgIpc) is 2.54. The van der Waals surface area contributed by atoms with Crippen molar-refractivity contribution in [2.24, 2.45) is 4.99 Å². The van der Waals surface area contributed by atoms with E-state index in [9.17, 15) is 5.11 Å². The van der Waals surface area contributed by atoms with Crippen LogP contribution in [0.2, 0.25) is 0 Å². The minimum absolute atomic E-state index is 0. The number of rotatable bonds is 6. The SMILES string of the molecule is CCNC(=NCC1(O)CCCCC1)NCCc1ccccc1.I. The van der Waals surface area contributed by atoms with Gasteiger partial charge in [-0.25, -0.2) is 0 Å². The van der Waals surface area contributed by atoms with Crippen LogP contribution in [0, 0.1) is 0 Å². The number of hydrogen-bond acceptors (Lipinski definition) is 2. The van der Waals surface area contributed by atoms with Crippen molar-refractivity contribution in [3.8, 4) is 0 Å². The van der Waals surface area contributed by atoms with E-state index < -0.39 is 5.60 Å². The van der Waals surface area contributed by atoms with Gasteiger partial charge in [-0.05, 0) is 31.7 Å². The van der Waals surface area contributed by atoms with E-state index in [2.05, 4.69) is 46.8 Å². The van der Waals surface area contributed by atoms with Crippen molar-refractivity contribution in [2.45, 2.75) is 51.0 Å². The van der Waals surface area contributed by atoms with Gasteiger partial charge in [0, 0.05) is 13.1 Å². The first-order valence-corrected chi connectivity index (χ1v) is 8.50. The van der Waals surface area contributed by atoms with Crippen molar-refractivity contribution in [2.75, 3.05) is 19.6 Å². The molecule has 130 valence electrons. The van der Waals surface area contributed by atoms with Gasteiger partial charge in [-0.2, -0.15) is 0 Å². The molecule has 23 heavy (non-hydrogen) atoms. The number of benzene rings is 1. The van der Waals surface area contributed by atoms with Gasteiger partial charge in [0.1, 0.15) is 0 Å². The van der Waals surface area contributed by atoms with E-state index in [1.807, 2.05) is 6.07 Å². The normalized spacial score (nSPS) is 17.2. The fourth-order valence-electron chi connectivity index (χ4n) is 2.91. The standard InChI is InChI=1S/C18H29N3O.HI/c1-2-19-17(20-14-11-16-9-5-3-6-10-16)21-15-18(22)12-7-4-8-13-18;/h3,5-6,9-10,22H,2,4,7-8,11-15H2,1H3,(H2,19,20,21);1H. The maximum absolute atomic E-state index is 10.5. The first-order chi connectivity index (χ1) is 10.7. The zero-order chi connectivity index (χ0) is 15.7. The summed E-state index contributed by atoms with van der Waals surface area (Å²) in [5.41, 5.74) is 0.719. The Morgan fingerprint density at radius 2 is 1.83 bits per heavy atom. The first kappa shape index (κ1) is 20.2. The Hall–Kier alpha value is -0.820. The Kier molecular flexibility index (Phi) is 9.55. The quantitative estimate of drug-likeness (QED) is 0.369. The molecule has 1 aromatic rings. The minimum atomic E-state index is -0.597. The van der Waals surface area contributed by atoms with E-state index in [1.165, 1.54) is 12.0 Å². The van der Waals surface area contributed by atoms with Crippen LogP contribution < -0.4 is 10.6 Å². The monoisotopic (exact) mass is 431 g/mol. The number of aliphatic imine (C=N–C) groups is 1. The molecule has 0 saturated heterocycles. The van der Waals surface area contributed by atoms with E-state index >= 15 is 0 Å². The lowest BCUT2D eigenvalue weighted by Gasteiger charge is -2.30. The molecule has 0 radical (unpaired) electrons. The summed E-state index contributed by atoms with van der Waals surface area (Å²) in [5, 5.41) is 17.1. The number of guanidine groups is 1. The highest BCUT2D eigenvalue weighted by Crippen LogP contribution is 2.28. The third-order valence-corrected chi connectivity index (χ3v) is 4.21. The predicted molar refractivity (Wildman–Crippen MR) is 108 cm³/mol. The molecule has 1 fully saturated rings. The summed E-state index contributed by atoms with van der Waals surface area (Å²) < 4.78 is 0. The zero-order valence-corrected chi connectivity index (χ0v) is 16.4. The lowest BCUT2D eigenvalue weighted by Crippen LogP contribution is -2.41. The molecule has 3 N–H and O–H groups in total. The molecule has 0 amide bonds. The van der Waals surface area contributed by atoms with Crippen molar-refractivity contribution in [1.29, 1.82) is 0 Å². The fourth-order valence-corrected chi connectivity index (χ4v) is 2.91. The Morgan fingerprint density at radius 3 is 2.48 bits per heavy atom. The molecule has 0 aromatic heterocycles. The van der Waals surface area contributed by atoms with Gasteiger partial charge in [0.15, 0.2) is 5.96 Å². The van der Waals surface area contributed by atoms with Crippen LogP contribution in [0.4, 0.5) is 0 Å². The number of nitrogens with zero attached hydrogens (tertiary/aromatic N) is 1. The van der Waals surface area contributed by atoms with Gasteiger partial charge < -0.3 is 15.7 Å². The molecule has 1 aliphatic carbocycles. The molecule has 1 aromatic carbocycles. The maximum Gasteiger partial charge on any atom is 0.191 e. The van der Waals surface area contributed by atoms with Crippen LogP contribution >= 0.6 is 24.0 Å². The van der Waals surface area contributed by atoms with Gasteiger partial charge in [-0.1, -0.05) is 49.6 Å². The number of aliphatic hydroxyl groups is 1. The van der Waals surface area contributed by atoms with E-state index in [1.54, 1.807) is 0 Å². The van der Waals surface area contributed by atoms with Crippen LogP contribution in [0.5, 0.6) is 0 Å². The van der Waals surface area contributed by atoms with Crippen LogP contribution in [-0.2, 0) is 6.42 Å². The van der Waals surface area contributed by atoms with Crippen LogP contribution in [0.3, 0.4) is 0 Å². The molecule has 0 atom stereocenters. The van der Waals surface area contributed by atoms with Crippen molar-refractivity contribution < 1.29 is 5.11 Å². The number of hydrogen-bond donors (Lipinski definition) is 3. The highest BCUT2D eigenvalue weighted by molar-refractivity contribution is 14.0. The third kappa shape index (κ3) is 7.52. The van der Waals surface area contributed by atoms with Crippen molar-refractivity contribution in [1.82, 2.24) is 10.6 Å². The molecule has 0 bridgehead atoms. The molecule has 0 aliphatic heterocycles. The average molecular weight is 431 g/mol. The highest BCUT2D eigenvalue weighted by Gasteiger charge is 2.28. The minimum Gasteiger partial charge on any atom is -0.388 e. The summed E-state index contributed by atoms with van der Waals surface area (Å²) in [5.74, 6) is 0.803. The van der Waals surface area contributed by atoms with E-state index in [0.717, 1.165) is 51.2 Å². The molecule has 0 unspecified atom stereocenters. The number of nitrogens with one attached hydrogen (secondary N) is 2. The summed E-state index contributed by atoms with van der Waals surface area (Å²) in [7, 11) is 0. The van der Waals surface area contributed by atoms with Crippen molar-refractivity contribution in [3.63, 3.8) is 0 Å². The van der Waals surface area contributed by atoms with Gasteiger partial charge in [-0.15, -0.1) is 24.0 Å². The van der Waals surface area contributed by atoms with Crippen molar-refractivity contribution >= 4 is 29.9 Å². The largest absolute Gasteiger partial charge is 0.388 e. The summed E-state index contributed by atoms with van der Waals surface area (Å²) >= 11 is 0. The summed E-state index contributed by atoms with van der Waals surface area (Å²) in [4.78, 5) is 4.58. The molecule has 2 rings (SSSR count).